The number of carbonyl (C=O) groups is 3. The monoisotopic (exact) mass is 449 g/mol. The molecule has 2 N–H and O–H groups in total. The normalized spacial score (nSPS) is 17.6. The highest BCUT2D eigenvalue weighted by Gasteiger charge is 2.43. The van der Waals surface area contributed by atoms with Crippen molar-refractivity contribution in [3.8, 4) is 5.75 Å². The molecule has 2 aromatic carbocycles. The third-order valence-electron chi connectivity index (χ3n) is 5.69. The van der Waals surface area contributed by atoms with Crippen LogP contribution in [0.4, 0.5) is 10.5 Å². The number of nitrogens with zero attached hydrogens (tertiary/aromatic N) is 1. The molecule has 2 aliphatic rings. The highest BCUT2D eigenvalue weighted by molar-refractivity contribution is 6.00. The molecule has 2 aliphatic heterocycles. The topological polar surface area (TPSA) is 97.0 Å². The maximum Gasteiger partial charge on any atom is 0.338 e. The SMILES string of the molecule is CCOc1ccccc1C1NC(=O)N(CC(=O)Nc2ccccc2C(C)C)C2=C1C(=O)OC2. The van der Waals surface area contributed by atoms with Crippen molar-refractivity contribution in [1.82, 2.24) is 10.2 Å². The number of hydrogen-bond donors (Lipinski definition) is 2. The van der Waals surface area contributed by atoms with E-state index in [1.54, 1.807) is 12.1 Å². The first-order valence-electron chi connectivity index (χ1n) is 11.0. The van der Waals surface area contributed by atoms with Crippen LogP contribution in [-0.2, 0) is 14.3 Å². The van der Waals surface area contributed by atoms with E-state index in [9.17, 15) is 14.4 Å². The molecular weight excluding hydrogens is 422 g/mol. The van der Waals surface area contributed by atoms with Crippen molar-refractivity contribution in [1.29, 1.82) is 0 Å². The molecule has 0 aliphatic carbocycles. The maximum atomic E-state index is 13.1. The summed E-state index contributed by atoms with van der Waals surface area (Å²) in [5.41, 5.74) is 3.07. The summed E-state index contributed by atoms with van der Waals surface area (Å²) in [4.78, 5) is 39.8. The molecule has 2 heterocycles. The van der Waals surface area contributed by atoms with Gasteiger partial charge in [0.2, 0.25) is 5.91 Å². The first-order valence-corrected chi connectivity index (χ1v) is 11.0. The molecule has 8 nitrogen and oxygen atoms in total. The van der Waals surface area contributed by atoms with Gasteiger partial charge in [-0.3, -0.25) is 9.69 Å². The number of ether oxygens (including phenoxy) is 2. The number of benzene rings is 2. The lowest BCUT2D eigenvalue weighted by atomic mass is 9.95. The Morgan fingerprint density at radius 2 is 1.91 bits per heavy atom. The molecule has 0 aromatic heterocycles. The zero-order valence-corrected chi connectivity index (χ0v) is 18.9. The Morgan fingerprint density at radius 3 is 2.67 bits per heavy atom. The first-order chi connectivity index (χ1) is 15.9. The number of rotatable bonds is 7. The van der Waals surface area contributed by atoms with Crippen LogP contribution in [0.25, 0.3) is 0 Å². The molecule has 1 unspecified atom stereocenters. The summed E-state index contributed by atoms with van der Waals surface area (Å²) in [6.07, 6.45) is 0. The summed E-state index contributed by atoms with van der Waals surface area (Å²) >= 11 is 0. The van der Waals surface area contributed by atoms with Crippen LogP contribution < -0.4 is 15.4 Å². The van der Waals surface area contributed by atoms with E-state index in [1.807, 2.05) is 57.2 Å². The van der Waals surface area contributed by atoms with Crippen LogP contribution in [0.5, 0.6) is 5.75 Å². The van der Waals surface area contributed by atoms with Crippen LogP contribution in [0, 0.1) is 0 Å². The lowest BCUT2D eigenvalue weighted by Crippen LogP contribution is -2.49. The van der Waals surface area contributed by atoms with Gasteiger partial charge in [0.15, 0.2) is 0 Å². The van der Waals surface area contributed by atoms with Gasteiger partial charge < -0.3 is 20.1 Å². The highest BCUT2D eigenvalue weighted by Crippen LogP contribution is 2.38. The summed E-state index contributed by atoms with van der Waals surface area (Å²) in [6, 6.07) is 13.6. The maximum absolute atomic E-state index is 13.1. The lowest BCUT2D eigenvalue weighted by molar-refractivity contribution is -0.136. The Bertz CT molecular complexity index is 1120. The van der Waals surface area contributed by atoms with E-state index in [0.717, 1.165) is 5.56 Å². The van der Waals surface area contributed by atoms with Crippen LogP contribution >= 0.6 is 0 Å². The fraction of sp³-hybridized carbons (Fsp3) is 0.320. The molecule has 33 heavy (non-hydrogen) atoms. The van der Waals surface area contributed by atoms with Gasteiger partial charge >= 0.3 is 12.0 Å². The molecule has 0 spiro atoms. The van der Waals surface area contributed by atoms with Gasteiger partial charge in [0.25, 0.3) is 0 Å². The molecule has 0 fully saturated rings. The summed E-state index contributed by atoms with van der Waals surface area (Å²) in [5, 5.41) is 5.74. The highest BCUT2D eigenvalue weighted by atomic mass is 16.5. The second-order valence-electron chi connectivity index (χ2n) is 8.17. The van der Waals surface area contributed by atoms with E-state index in [4.69, 9.17) is 9.47 Å². The van der Waals surface area contributed by atoms with Gasteiger partial charge in [-0.1, -0.05) is 50.2 Å². The van der Waals surface area contributed by atoms with Crippen LogP contribution in [0.1, 0.15) is 43.9 Å². The average molecular weight is 450 g/mol. The van der Waals surface area contributed by atoms with Gasteiger partial charge in [0.1, 0.15) is 18.9 Å². The van der Waals surface area contributed by atoms with Gasteiger partial charge in [-0.2, -0.15) is 0 Å². The Kier molecular flexibility index (Phi) is 6.35. The number of urea groups is 1. The van der Waals surface area contributed by atoms with Crippen molar-refractivity contribution >= 4 is 23.6 Å². The van der Waals surface area contributed by atoms with Gasteiger partial charge in [0.05, 0.1) is 23.9 Å². The van der Waals surface area contributed by atoms with Crippen molar-refractivity contribution in [3.05, 3.63) is 70.9 Å². The molecule has 0 saturated carbocycles. The molecule has 0 saturated heterocycles. The molecular formula is C25H27N3O5. The van der Waals surface area contributed by atoms with Gasteiger partial charge in [0, 0.05) is 11.3 Å². The number of esters is 1. The predicted octanol–water partition coefficient (Wildman–Crippen LogP) is 3.72. The number of cyclic esters (lactones) is 1. The number of hydrogen-bond acceptors (Lipinski definition) is 5. The quantitative estimate of drug-likeness (QED) is 0.628. The summed E-state index contributed by atoms with van der Waals surface area (Å²) in [7, 11) is 0. The minimum Gasteiger partial charge on any atom is -0.494 e. The van der Waals surface area contributed by atoms with Crippen molar-refractivity contribution in [2.24, 2.45) is 0 Å². The van der Waals surface area contributed by atoms with E-state index >= 15 is 0 Å². The minimum atomic E-state index is -0.716. The largest absolute Gasteiger partial charge is 0.494 e. The number of para-hydroxylation sites is 2. The third kappa shape index (κ3) is 4.41. The third-order valence-corrected chi connectivity index (χ3v) is 5.69. The Hall–Kier alpha value is -3.81. The zero-order chi connectivity index (χ0) is 23.5. The summed E-state index contributed by atoms with van der Waals surface area (Å²) in [6.45, 7) is 6.09. The summed E-state index contributed by atoms with van der Waals surface area (Å²) < 4.78 is 11.0. The molecule has 3 amide bonds. The van der Waals surface area contributed by atoms with Crippen molar-refractivity contribution in [2.45, 2.75) is 32.7 Å². The summed E-state index contributed by atoms with van der Waals surface area (Å²) in [5.74, 6) is -0.0797. The standard InChI is InChI=1S/C25H27N3O5/c1-4-32-20-12-8-6-10-17(20)23-22-19(14-33-24(22)30)28(25(31)27-23)13-21(29)26-18-11-7-5-9-16(18)15(2)3/h5-12,15,23H,4,13-14H2,1-3H3,(H,26,29)(H,27,31). The molecule has 0 bridgehead atoms. The molecule has 0 radical (unpaired) electrons. The Balaban J connectivity index is 1.61. The van der Waals surface area contributed by atoms with Crippen LogP contribution in [-0.4, -0.2) is 42.6 Å². The second-order valence-corrected chi connectivity index (χ2v) is 8.17. The fourth-order valence-electron chi connectivity index (χ4n) is 4.17. The van der Waals surface area contributed by atoms with Crippen molar-refractivity contribution in [3.63, 3.8) is 0 Å². The van der Waals surface area contributed by atoms with Crippen molar-refractivity contribution in [2.75, 3.05) is 25.1 Å². The number of anilines is 1. The number of carbonyl (C=O) groups excluding carboxylic acids is 3. The van der Waals surface area contributed by atoms with E-state index in [1.165, 1.54) is 4.90 Å². The van der Waals surface area contributed by atoms with Crippen LogP contribution in [0.2, 0.25) is 0 Å². The predicted molar refractivity (Wildman–Crippen MR) is 123 cm³/mol. The molecule has 2 aromatic rings. The second kappa shape index (κ2) is 9.36. The van der Waals surface area contributed by atoms with Crippen molar-refractivity contribution < 1.29 is 23.9 Å². The average Bonchev–Trinajstić information content (AvgIpc) is 3.18. The smallest absolute Gasteiger partial charge is 0.338 e. The van der Waals surface area contributed by atoms with E-state index in [2.05, 4.69) is 10.6 Å². The zero-order valence-electron chi connectivity index (χ0n) is 18.9. The lowest BCUT2D eigenvalue weighted by Gasteiger charge is -2.33. The van der Waals surface area contributed by atoms with Gasteiger partial charge in [-0.25, -0.2) is 9.59 Å². The fourth-order valence-corrected chi connectivity index (χ4v) is 4.17. The number of amides is 3. The van der Waals surface area contributed by atoms with E-state index in [0.29, 0.717) is 34.9 Å². The van der Waals surface area contributed by atoms with E-state index in [-0.39, 0.29) is 25.0 Å². The Labute approximate surface area is 192 Å². The van der Waals surface area contributed by atoms with Crippen LogP contribution in [0.15, 0.2) is 59.8 Å². The van der Waals surface area contributed by atoms with Gasteiger partial charge in [-0.05, 0) is 30.5 Å². The Morgan fingerprint density at radius 1 is 1.18 bits per heavy atom. The molecule has 1 atom stereocenters. The molecule has 8 heteroatoms. The van der Waals surface area contributed by atoms with Crippen LogP contribution in [0.3, 0.4) is 0 Å². The number of nitrogens with one attached hydrogen (secondary N) is 2. The molecule has 4 rings (SSSR count). The van der Waals surface area contributed by atoms with Gasteiger partial charge in [-0.15, -0.1) is 0 Å². The van der Waals surface area contributed by atoms with E-state index < -0.39 is 18.0 Å². The minimum absolute atomic E-state index is 0.0647. The molecule has 172 valence electrons. The first kappa shape index (κ1) is 22.4.